The smallest absolute Gasteiger partial charge is 0.349 e. The van der Waals surface area contributed by atoms with Gasteiger partial charge in [0.25, 0.3) is 0 Å². The molecule has 0 heterocycles. The molecular formula is C14H24NO7P. The monoisotopic (exact) mass is 349 g/mol. The van der Waals surface area contributed by atoms with Crippen LogP contribution in [0.4, 0.5) is 0 Å². The van der Waals surface area contributed by atoms with Gasteiger partial charge in [-0.1, -0.05) is 12.2 Å². The van der Waals surface area contributed by atoms with Crippen molar-refractivity contribution in [2.75, 3.05) is 27.9 Å². The molecule has 0 spiro atoms. The predicted octanol–water partition coefficient (Wildman–Crippen LogP) is 0.991. The van der Waals surface area contributed by atoms with Crippen LogP contribution in [-0.2, 0) is 27.9 Å². The maximum atomic E-state index is 13.1. The molecule has 0 aromatic carbocycles. The Kier molecular flexibility index (Phi) is 7.41. The molecule has 0 radical (unpaired) electrons. The van der Waals surface area contributed by atoms with Crippen molar-refractivity contribution >= 4 is 19.5 Å². The van der Waals surface area contributed by atoms with Gasteiger partial charge >= 0.3 is 13.6 Å². The summed E-state index contributed by atoms with van der Waals surface area (Å²) in [6, 6.07) is -0.888. The number of carbonyl (C=O) groups excluding carboxylic acids is 2. The number of methoxy groups -OCH3 is 1. The van der Waals surface area contributed by atoms with Gasteiger partial charge in [0.05, 0.1) is 13.2 Å². The van der Waals surface area contributed by atoms with Gasteiger partial charge in [-0.2, -0.15) is 0 Å². The van der Waals surface area contributed by atoms with Crippen molar-refractivity contribution in [2.45, 2.75) is 36.9 Å². The molecule has 0 saturated carbocycles. The lowest BCUT2D eigenvalue weighted by Crippen LogP contribution is -2.58. The Labute approximate surface area is 135 Å². The van der Waals surface area contributed by atoms with E-state index in [0.29, 0.717) is 12.8 Å². The Morgan fingerprint density at radius 2 is 2.00 bits per heavy atom. The zero-order chi connectivity index (χ0) is 17.5. The van der Waals surface area contributed by atoms with Gasteiger partial charge in [0, 0.05) is 27.2 Å². The largest absolute Gasteiger partial charge is 0.468 e. The number of amides is 1. The summed E-state index contributed by atoms with van der Waals surface area (Å²) in [5, 5.41) is 9.82. The summed E-state index contributed by atoms with van der Waals surface area (Å²) in [5.74, 6) is -1.14. The van der Waals surface area contributed by atoms with Gasteiger partial charge in [-0.05, 0) is 19.3 Å². The van der Waals surface area contributed by atoms with E-state index in [1.54, 1.807) is 12.2 Å². The minimum absolute atomic E-state index is 0.0857. The van der Waals surface area contributed by atoms with E-state index in [4.69, 9.17) is 18.9 Å². The first-order valence-electron chi connectivity index (χ1n) is 7.28. The minimum Gasteiger partial charge on any atom is -0.468 e. The average molecular weight is 349 g/mol. The number of aliphatic hydroxyl groups is 1. The topological polar surface area (TPSA) is 111 Å². The zero-order valence-electron chi connectivity index (χ0n) is 13.6. The molecule has 0 aromatic heterocycles. The number of rotatable bonds is 8. The second kappa shape index (κ2) is 8.59. The molecule has 1 aliphatic carbocycles. The maximum absolute atomic E-state index is 13.1. The first kappa shape index (κ1) is 19.8. The van der Waals surface area contributed by atoms with Crippen LogP contribution in [0.1, 0.15) is 25.7 Å². The van der Waals surface area contributed by atoms with Crippen molar-refractivity contribution in [3.63, 3.8) is 0 Å². The van der Waals surface area contributed by atoms with Gasteiger partial charge in [-0.25, -0.2) is 0 Å². The number of nitrogens with one attached hydrogen (secondary N) is 1. The Bertz CT molecular complexity index is 499. The van der Waals surface area contributed by atoms with Gasteiger partial charge in [-0.15, -0.1) is 0 Å². The summed E-state index contributed by atoms with van der Waals surface area (Å²) in [6.45, 7) is -0.120. The average Bonchev–Trinajstić information content (AvgIpc) is 2.58. The fourth-order valence-corrected chi connectivity index (χ4v) is 4.74. The molecule has 0 saturated heterocycles. The molecule has 2 N–H and O–H groups in total. The van der Waals surface area contributed by atoms with E-state index in [1.807, 2.05) is 0 Å². The first-order chi connectivity index (χ1) is 10.9. The molecule has 1 amide bonds. The highest BCUT2D eigenvalue weighted by molar-refractivity contribution is 7.57. The lowest BCUT2D eigenvalue weighted by Gasteiger charge is -2.41. The Morgan fingerprint density at radius 3 is 2.52 bits per heavy atom. The molecule has 132 valence electrons. The van der Waals surface area contributed by atoms with E-state index in [2.05, 4.69) is 5.32 Å². The first-order valence-corrected chi connectivity index (χ1v) is 8.83. The lowest BCUT2D eigenvalue weighted by atomic mass is 9.88. The van der Waals surface area contributed by atoms with Crippen molar-refractivity contribution in [3.8, 4) is 0 Å². The van der Waals surface area contributed by atoms with Crippen LogP contribution in [0.5, 0.6) is 0 Å². The highest BCUT2D eigenvalue weighted by Gasteiger charge is 2.62. The molecule has 9 heteroatoms. The van der Waals surface area contributed by atoms with Crippen molar-refractivity contribution in [2.24, 2.45) is 0 Å². The Morgan fingerprint density at radius 1 is 1.35 bits per heavy atom. The quantitative estimate of drug-likeness (QED) is 0.382. The summed E-state index contributed by atoms with van der Waals surface area (Å²) < 4.78 is 28.0. The molecule has 1 rings (SSSR count). The van der Waals surface area contributed by atoms with E-state index < -0.39 is 24.8 Å². The summed E-state index contributed by atoms with van der Waals surface area (Å²) in [6.07, 6.45) is 4.38. The summed E-state index contributed by atoms with van der Waals surface area (Å²) >= 11 is 0. The van der Waals surface area contributed by atoms with Crippen molar-refractivity contribution in [3.05, 3.63) is 12.2 Å². The van der Waals surface area contributed by atoms with Gasteiger partial charge in [-0.3, -0.25) is 14.2 Å². The van der Waals surface area contributed by atoms with Crippen molar-refractivity contribution in [1.29, 1.82) is 0 Å². The third-order valence-electron chi connectivity index (χ3n) is 3.92. The SMILES string of the molecule is COC(=O)[C@@]1(P(=O)(OC)OC)CCC=C[C@H]1NC(=O)CCCO. The van der Waals surface area contributed by atoms with Gasteiger partial charge in [0.1, 0.15) is 0 Å². The number of hydrogen-bond acceptors (Lipinski definition) is 7. The molecule has 2 atom stereocenters. The molecular weight excluding hydrogens is 325 g/mol. The predicted molar refractivity (Wildman–Crippen MR) is 83.0 cm³/mol. The van der Waals surface area contributed by atoms with Crippen LogP contribution in [0, 0.1) is 0 Å². The van der Waals surface area contributed by atoms with Crippen molar-refractivity contribution < 1.29 is 33.0 Å². The van der Waals surface area contributed by atoms with E-state index in [0.717, 1.165) is 0 Å². The summed E-state index contributed by atoms with van der Waals surface area (Å²) in [7, 11) is -0.320. The number of ether oxygens (including phenoxy) is 1. The minimum atomic E-state index is -3.89. The molecule has 0 bridgehead atoms. The molecule has 0 aromatic rings. The summed E-state index contributed by atoms with van der Waals surface area (Å²) in [4.78, 5) is 24.5. The third-order valence-corrected chi connectivity index (χ3v) is 6.55. The van der Waals surface area contributed by atoms with Gasteiger partial charge in [0.15, 0.2) is 5.16 Å². The molecule has 23 heavy (non-hydrogen) atoms. The van der Waals surface area contributed by atoms with Crippen LogP contribution < -0.4 is 5.32 Å². The Hall–Kier alpha value is -1.21. The number of carbonyl (C=O) groups is 2. The normalized spacial score (nSPS) is 24.3. The Balaban J connectivity index is 3.24. The van der Waals surface area contributed by atoms with E-state index in [9.17, 15) is 14.2 Å². The second-order valence-corrected chi connectivity index (χ2v) is 7.64. The molecule has 0 unspecified atom stereocenters. The van der Waals surface area contributed by atoms with Crippen molar-refractivity contribution in [1.82, 2.24) is 5.32 Å². The molecule has 0 aliphatic heterocycles. The van der Waals surface area contributed by atoms with Crippen LogP contribution >= 0.6 is 7.60 Å². The third kappa shape index (κ3) is 3.83. The lowest BCUT2D eigenvalue weighted by molar-refractivity contribution is -0.145. The molecule has 0 fully saturated rings. The second-order valence-electron chi connectivity index (χ2n) is 5.12. The molecule has 8 nitrogen and oxygen atoms in total. The standard InChI is InChI=1S/C14H24NO7P/c1-20-13(18)14(23(19,21-2)22-3)9-5-4-7-11(14)15-12(17)8-6-10-16/h4,7,11,16H,5-6,8-10H2,1-3H3,(H,15,17)/t11-,14-/m1/s1. The fourth-order valence-electron chi connectivity index (χ4n) is 2.73. The molecule has 1 aliphatic rings. The van der Waals surface area contributed by atoms with E-state index in [-0.39, 0.29) is 25.4 Å². The van der Waals surface area contributed by atoms with E-state index >= 15 is 0 Å². The highest BCUT2D eigenvalue weighted by atomic mass is 31.2. The fraction of sp³-hybridized carbons (Fsp3) is 0.714. The summed E-state index contributed by atoms with van der Waals surface area (Å²) in [5.41, 5.74) is 0. The van der Waals surface area contributed by atoms with Crippen LogP contribution in [-0.4, -0.2) is 56.1 Å². The zero-order valence-corrected chi connectivity index (χ0v) is 14.5. The van der Waals surface area contributed by atoms with Crippen LogP contribution in [0.25, 0.3) is 0 Å². The van der Waals surface area contributed by atoms with Crippen LogP contribution in [0.2, 0.25) is 0 Å². The van der Waals surface area contributed by atoms with Crippen LogP contribution in [0.15, 0.2) is 12.2 Å². The van der Waals surface area contributed by atoms with Crippen LogP contribution in [0.3, 0.4) is 0 Å². The number of allylic oxidation sites excluding steroid dienone is 1. The van der Waals surface area contributed by atoms with Gasteiger partial charge < -0.3 is 24.2 Å². The maximum Gasteiger partial charge on any atom is 0.349 e. The van der Waals surface area contributed by atoms with Gasteiger partial charge in [0.2, 0.25) is 5.91 Å². The van der Waals surface area contributed by atoms with E-state index in [1.165, 1.54) is 21.3 Å². The number of esters is 1. The number of hydrogen-bond donors (Lipinski definition) is 2. The highest BCUT2D eigenvalue weighted by Crippen LogP contribution is 2.63. The number of aliphatic hydroxyl groups excluding tert-OH is 1.